The van der Waals surface area contributed by atoms with Crippen molar-refractivity contribution < 1.29 is 13.9 Å². The highest BCUT2D eigenvalue weighted by molar-refractivity contribution is 5.91. The maximum atomic E-state index is 11.7. The van der Waals surface area contributed by atoms with Gasteiger partial charge in [-0.3, -0.25) is 4.79 Å². The molecule has 4 heteroatoms. The molecule has 4 nitrogen and oxygen atoms in total. The highest BCUT2D eigenvalue weighted by Gasteiger charge is 2.00. The lowest BCUT2D eigenvalue weighted by Crippen LogP contribution is -2.20. The Morgan fingerprint density at radius 3 is 2.67 bits per heavy atom. The zero-order chi connectivity index (χ0) is 15.1. The summed E-state index contributed by atoms with van der Waals surface area (Å²) in [6.07, 6.45) is 4.81. The Bertz CT molecular complexity index is 583. The van der Waals surface area contributed by atoms with Crippen LogP contribution in [0, 0.1) is 0 Å². The molecule has 1 aromatic heterocycles. The predicted molar refractivity (Wildman–Crippen MR) is 81.8 cm³/mol. The van der Waals surface area contributed by atoms with Gasteiger partial charge in [0.05, 0.1) is 12.4 Å². The van der Waals surface area contributed by atoms with Gasteiger partial charge in [0, 0.05) is 12.6 Å². The van der Waals surface area contributed by atoms with Crippen molar-refractivity contribution in [3.63, 3.8) is 0 Å². The van der Waals surface area contributed by atoms with Crippen molar-refractivity contribution in [2.45, 2.75) is 26.5 Å². The summed E-state index contributed by atoms with van der Waals surface area (Å²) in [4.78, 5) is 11.7. The third-order valence-electron chi connectivity index (χ3n) is 2.70. The fraction of sp³-hybridized carbons (Fsp3) is 0.235. The highest BCUT2D eigenvalue weighted by atomic mass is 16.5. The third kappa shape index (κ3) is 5.18. The molecule has 0 aliphatic rings. The van der Waals surface area contributed by atoms with Crippen molar-refractivity contribution in [1.82, 2.24) is 5.32 Å². The molecule has 1 amide bonds. The number of carbonyl (C=O) groups excluding carboxylic acids is 1. The van der Waals surface area contributed by atoms with Crippen molar-refractivity contribution >= 4 is 12.0 Å². The first kappa shape index (κ1) is 14.9. The Hall–Kier alpha value is -2.49. The van der Waals surface area contributed by atoms with Crippen LogP contribution in [0.3, 0.4) is 0 Å². The highest BCUT2D eigenvalue weighted by Crippen LogP contribution is 2.13. The lowest BCUT2D eigenvalue weighted by molar-refractivity contribution is -0.116. The van der Waals surface area contributed by atoms with Crippen LogP contribution in [0.2, 0.25) is 0 Å². The monoisotopic (exact) mass is 285 g/mol. The Labute approximate surface area is 124 Å². The van der Waals surface area contributed by atoms with E-state index in [2.05, 4.69) is 5.32 Å². The van der Waals surface area contributed by atoms with E-state index in [0.29, 0.717) is 12.3 Å². The molecular formula is C17H19NO3. The SMILES string of the molecule is CC(C)Oc1ccc(CNC(=O)/C=C/c2ccco2)cc1. The largest absolute Gasteiger partial charge is 0.491 e. The van der Waals surface area contributed by atoms with E-state index < -0.39 is 0 Å². The maximum absolute atomic E-state index is 11.7. The molecule has 0 unspecified atom stereocenters. The molecule has 0 fully saturated rings. The molecule has 1 N–H and O–H groups in total. The van der Waals surface area contributed by atoms with Crippen LogP contribution in [-0.2, 0) is 11.3 Å². The van der Waals surface area contributed by atoms with Crippen molar-refractivity contribution in [3.8, 4) is 5.75 Å². The molecule has 1 aromatic carbocycles. The van der Waals surface area contributed by atoms with E-state index in [1.165, 1.54) is 6.08 Å². The second kappa shape index (κ2) is 7.33. The predicted octanol–water partition coefficient (Wildman–Crippen LogP) is 3.40. The Morgan fingerprint density at radius 1 is 1.29 bits per heavy atom. The average Bonchev–Trinajstić information content (AvgIpc) is 2.97. The molecule has 2 aromatic rings. The van der Waals surface area contributed by atoms with E-state index in [1.54, 1.807) is 24.5 Å². The number of hydrogen-bond acceptors (Lipinski definition) is 3. The number of hydrogen-bond donors (Lipinski definition) is 1. The van der Waals surface area contributed by atoms with Crippen LogP contribution in [0.4, 0.5) is 0 Å². The van der Waals surface area contributed by atoms with Gasteiger partial charge in [0.2, 0.25) is 5.91 Å². The fourth-order valence-corrected chi connectivity index (χ4v) is 1.75. The molecule has 0 aliphatic carbocycles. The second-order valence-corrected chi connectivity index (χ2v) is 4.88. The van der Waals surface area contributed by atoms with Crippen LogP contribution in [0.1, 0.15) is 25.2 Å². The summed E-state index contributed by atoms with van der Waals surface area (Å²) in [6, 6.07) is 11.2. The lowest BCUT2D eigenvalue weighted by atomic mass is 10.2. The first-order chi connectivity index (χ1) is 10.1. The number of rotatable bonds is 6. The molecule has 110 valence electrons. The van der Waals surface area contributed by atoms with Gasteiger partial charge in [-0.2, -0.15) is 0 Å². The van der Waals surface area contributed by atoms with Gasteiger partial charge in [0.15, 0.2) is 0 Å². The number of benzene rings is 1. The minimum Gasteiger partial charge on any atom is -0.491 e. The standard InChI is InChI=1S/C17H19NO3/c1-13(2)21-16-7-5-14(6-8-16)12-18-17(19)10-9-15-4-3-11-20-15/h3-11,13H,12H2,1-2H3,(H,18,19)/b10-9+. The van der Waals surface area contributed by atoms with E-state index in [0.717, 1.165) is 11.3 Å². The van der Waals surface area contributed by atoms with Crippen molar-refractivity contribution in [1.29, 1.82) is 0 Å². The normalized spacial score (nSPS) is 11.0. The number of furan rings is 1. The van der Waals surface area contributed by atoms with Gasteiger partial charge in [-0.25, -0.2) is 0 Å². The van der Waals surface area contributed by atoms with Crippen LogP contribution in [0.5, 0.6) is 5.75 Å². The second-order valence-electron chi connectivity index (χ2n) is 4.88. The Balaban J connectivity index is 1.81. The van der Waals surface area contributed by atoms with Crippen molar-refractivity contribution in [2.75, 3.05) is 0 Å². The molecule has 1 heterocycles. The smallest absolute Gasteiger partial charge is 0.244 e. The van der Waals surface area contributed by atoms with E-state index in [9.17, 15) is 4.79 Å². The fourth-order valence-electron chi connectivity index (χ4n) is 1.75. The molecule has 0 spiro atoms. The summed E-state index contributed by atoms with van der Waals surface area (Å²) in [5.74, 6) is 1.33. The molecule has 0 saturated heterocycles. The minimum atomic E-state index is -0.158. The number of nitrogens with one attached hydrogen (secondary N) is 1. The minimum absolute atomic E-state index is 0.155. The Morgan fingerprint density at radius 2 is 2.05 bits per heavy atom. The van der Waals surface area contributed by atoms with Gasteiger partial charge in [-0.1, -0.05) is 12.1 Å². The van der Waals surface area contributed by atoms with Crippen LogP contribution >= 0.6 is 0 Å². The molecule has 0 saturated carbocycles. The van der Waals surface area contributed by atoms with Crippen LogP contribution < -0.4 is 10.1 Å². The summed E-state index contributed by atoms with van der Waals surface area (Å²) >= 11 is 0. The zero-order valence-corrected chi connectivity index (χ0v) is 12.2. The van der Waals surface area contributed by atoms with E-state index in [-0.39, 0.29) is 12.0 Å². The lowest BCUT2D eigenvalue weighted by Gasteiger charge is -2.10. The number of carbonyl (C=O) groups is 1. The van der Waals surface area contributed by atoms with Gasteiger partial charge in [0.1, 0.15) is 11.5 Å². The first-order valence-electron chi connectivity index (χ1n) is 6.88. The first-order valence-corrected chi connectivity index (χ1v) is 6.88. The molecule has 0 radical (unpaired) electrons. The molecule has 21 heavy (non-hydrogen) atoms. The summed E-state index contributed by atoms with van der Waals surface area (Å²) in [5.41, 5.74) is 1.02. The summed E-state index contributed by atoms with van der Waals surface area (Å²) < 4.78 is 10.7. The van der Waals surface area contributed by atoms with Gasteiger partial charge < -0.3 is 14.5 Å². The summed E-state index contributed by atoms with van der Waals surface area (Å²) in [5, 5.41) is 2.81. The molecule has 2 rings (SSSR count). The van der Waals surface area contributed by atoms with Gasteiger partial charge in [0.25, 0.3) is 0 Å². The van der Waals surface area contributed by atoms with Gasteiger partial charge >= 0.3 is 0 Å². The zero-order valence-electron chi connectivity index (χ0n) is 12.2. The summed E-state index contributed by atoms with van der Waals surface area (Å²) in [6.45, 7) is 4.45. The van der Waals surface area contributed by atoms with E-state index >= 15 is 0 Å². The third-order valence-corrected chi connectivity index (χ3v) is 2.70. The molecular weight excluding hydrogens is 266 g/mol. The quantitative estimate of drug-likeness (QED) is 0.828. The van der Waals surface area contributed by atoms with Crippen LogP contribution in [-0.4, -0.2) is 12.0 Å². The molecule has 0 bridgehead atoms. The number of amides is 1. The number of ether oxygens (including phenoxy) is 1. The Kier molecular flexibility index (Phi) is 5.21. The van der Waals surface area contributed by atoms with Crippen LogP contribution in [0.15, 0.2) is 53.2 Å². The van der Waals surface area contributed by atoms with Crippen molar-refractivity contribution in [2.24, 2.45) is 0 Å². The average molecular weight is 285 g/mol. The van der Waals surface area contributed by atoms with Gasteiger partial charge in [-0.15, -0.1) is 0 Å². The molecule has 0 atom stereocenters. The van der Waals surface area contributed by atoms with E-state index in [1.807, 2.05) is 38.1 Å². The van der Waals surface area contributed by atoms with E-state index in [4.69, 9.17) is 9.15 Å². The van der Waals surface area contributed by atoms with Crippen molar-refractivity contribution in [3.05, 3.63) is 60.1 Å². The molecule has 0 aliphatic heterocycles. The maximum Gasteiger partial charge on any atom is 0.244 e. The van der Waals surface area contributed by atoms with Crippen LogP contribution in [0.25, 0.3) is 6.08 Å². The summed E-state index contributed by atoms with van der Waals surface area (Å²) in [7, 11) is 0. The van der Waals surface area contributed by atoms with Gasteiger partial charge in [-0.05, 0) is 49.8 Å². The topological polar surface area (TPSA) is 51.5 Å².